The van der Waals surface area contributed by atoms with Gasteiger partial charge in [0.15, 0.2) is 0 Å². The minimum Gasteiger partial charge on any atom is -0.492 e. The molecule has 1 aliphatic rings. The van der Waals surface area contributed by atoms with E-state index >= 15 is 0 Å². The van der Waals surface area contributed by atoms with Crippen molar-refractivity contribution < 1.29 is 17.9 Å². The lowest BCUT2D eigenvalue weighted by Crippen LogP contribution is -2.35. The molecule has 2 aromatic rings. The number of nitrogens with one attached hydrogen (secondary N) is 1. The van der Waals surface area contributed by atoms with Crippen LogP contribution >= 0.6 is 15.9 Å². The van der Waals surface area contributed by atoms with E-state index in [2.05, 4.69) is 21.2 Å². The van der Waals surface area contributed by atoms with Gasteiger partial charge in [0.1, 0.15) is 10.6 Å². The molecular weight excluding hydrogens is 456 g/mol. The molecule has 0 unspecified atom stereocenters. The van der Waals surface area contributed by atoms with Crippen molar-refractivity contribution in [2.45, 2.75) is 37.5 Å². The predicted octanol–water partition coefficient (Wildman–Crippen LogP) is 4.20. The summed E-state index contributed by atoms with van der Waals surface area (Å²) < 4.78 is 34.4. The van der Waals surface area contributed by atoms with Gasteiger partial charge in [0, 0.05) is 23.2 Å². The Bertz CT molecular complexity index is 955. The van der Waals surface area contributed by atoms with E-state index in [0.717, 1.165) is 29.3 Å². The first kappa shape index (κ1) is 21.8. The first-order valence-electron chi connectivity index (χ1n) is 9.71. The fourth-order valence-electron chi connectivity index (χ4n) is 3.30. The summed E-state index contributed by atoms with van der Waals surface area (Å²) >= 11 is 3.37. The van der Waals surface area contributed by atoms with Gasteiger partial charge in [-0.2, -0.15) is 4.31 Å². The number of halogens is 1. The summed E-state index contributed by atoms with van der Waals surface area (Å²) in [5, 5.41) is 2.80. The number of piperidine rings is 1. The van der Waals surface area contributed by atoms with Crippen LogP contribution in [0.1, 0.15) is 31.7 Å². The van der Waals surface area contributed by atoms with Gasteiger partial charge in [-0.25, -0.2) is 8.42 Å². The van der Waals surface area contributed by atoms with Crippen LogP contribution in [0.2, 0.25) is 0 Å². The summed E-state index contributed by atoms with van der Waals surface area (Å²) in [5.41, 5.74) is 1.31. The average Bonchev–Trinajstić information content (AvgIpc) is 2.71. The van der Waals surface area contributed by atoms with Gasteiger partial charge in [-0.1, -0.05) is 34.5 Å². The van der Waals surface area contributed by atoms with E-state index in [1.807, 2.05) is 31.2 Å². The third-order valence-corrected chi connectivity index (χ3v) is 7.19. The molecule has 0 bridgehead atoms. The molecule has 0 radical (unpaired) electrons. The Labute approximate surface area is 180 Å². The van der Waals surface area contributed by atoms with Gasteiger partial charge >= 0.3 is 0 Å². The summed E-state index contributed by atoms with van der Waals surface area (Å²) in [7, 11) is -3.69. The number of carbonyl (C=O) groups is 1. The SMILES string of the molecule is CCOc1ccc(NC(=O)Cc2ccc(Br)cc2)cc1S(=O)(=O)N1CCCCC1. The Morgan fingerprint density at radius 1 is 1.10 bits per heavy atom. The van der Waals surface area contributed by atoms with E-state index in [-0.39, 0.29) is 17.2 Å². The second-order valence-electron chi connectivity index (χ2n) is 6.91. The van der Waals surface area contributed by atoms with E-state index < -0.39 is 10.0 Å². The first-order chi connectivity index (χ1) is 13.9. The van der Waals surface area contributed by atoms with Crippen molar-refractivity contribution in [3.05, 3.63) is 52.5 Å². The number of sulfonamides is 1. The van der Waals surface area contributed by atoms with E-state index in [1.54, 1.807) is 12.1 Å². The number of hydrogen-bond donors (Lipinski definition) is 1. The third kappa shape index (κ3) is 5.58. The standard InChI is InChI=1S/C21H25BrN2O4S/c1-2-28-19-11-10-18(23-21(25)14-16-6-8-17(22)9-7-16)15-20(19)29(26,27)24-12-4-3-5-13-24/h6-11,15H,2-5,12-14H2,1H3,(H,23,25). The Morgan fingerprint density at radius 2 is 1.79 bits per heavy atom. The Hall–Kier alpha value is -1.90. The molecule has 156 valence electrons. The molecular formula is C21H25BrN2O4S. The number of amides is 1. The summed E-state index contributed by atoms with van der Waals surface area (Å²) in [6.45, 7) is 3.19. The topological polar surface area (TPSA) is 75.7 Å². The molecule has 6 nitrogen and oxygen atoms in total. The van der Waals surface area contributed by atoms with Gasteiger partial charge in [-0.05, 0) is 55.7 Å². The van der Waals surface area contributed by atoms with Crippen LogP contribution in [0.3, 0.4) is 0 Å². The zero-order valence-electron chi connectivity index (χ0n) is 16.4. The summed E-state index contributed by atoms with van der Waals surface area (Å²) in [6, 6.07) is 12.3. The highest BCUT2D eigenvalue weighted by atomic mass is 79.9. The van der Waals surface area contributed by atoms with Crippen LogP contribution in [0.15, 0.2) is 51.8 Å². The molecule has 0 atom stereocenters. The van der Waals surface area contributed by atoms with Crippen LogP contribution in [0.25, 0.3) is 0 Å². The second-order valence-corrected chi connectivity index (χ2v) is 9.73. The van der Waals surface area contributed by atoms with Crippen molar-refractivity contribution in [2.75, 3.05) is 25.0 Å². The largest absolute Gasteiger partial charge is 0.492 e. The maximum Gasteiger partial charge on any atom is 0.246 e. The lowest BCUT2D eigenvalue weighted by Gasteiger charge is -2.27. The normalized spacial score (nSPS) is 15.1. The van der Waals surface area contributed by atoms with Crippen molar-refractivity contribution >= 4 is 37.5 Å². The second kappa shape index (κ2) is 9.73. The monoisotopic (exact) mass is 480 g/mol. The predicted molar refractivity (Wildman–Crippen MR) is 117 cm³/mol. The van der Waals surface area contributed by atoms with E-state index in [9.17, 15) is 13.2 Å². The number of nitrogens with zero attached hydrogens (tertiary/aromatic N) is 1. The van der Waals surface area contributed by atoms with Crippen LogP contribution in [0, 0.1) is 0 Å². The summed E-state index contributed by atoms with van der Waals surface area (Å²) in [6.07, 6.45) is 2.95. The molecule has 1 heterocycles. The summed E-state index contributed by atoms with van der Waals surface area (Å²) in [4.78, 5) is 12.5. The molecule has 0 aromatic heterocycles. The van der Waals surface area contributed by atoms with Crippen LogP contribution in [0.4, 0.5) is 5.69 Å². The molecule has 0 aliphatic carbocycles. The van der Waals surface area contributed by atoms with E-state index in [0.29, 0.717) is 31.1 Å². The van der Waals surface area contributed by atoms with Crippen molar-refractivity contribution in [1.82, 2.24) is 4.31 Å². The number of hydrogen-bond acceptors (Lipinski definition) is 4. The molecule has 2 aromatic carbocycles. The van der Waals surface area contributed by atoms with E-state index in [4.69, 9.17) is 4.74 Å². The van der Waals surface area contributed by atoms with Crippen LogP contribution in [-0.4, -0.2) is 38.3 Å². The van der Waals surface area contributed by atoms with Gasteiger partial charge in [-0.3, -0.25) is 4.79 Å². The molecule has 0 saturated carbocycles. The molecule has 1 fully saturated rings. The van der Waals surface area contributed by atoms with Gasteiger partial charge < -0.3 is 10.1 Å². The van der Waals surface area contributed by atoms with Crippen molar-refractivity contribution in [2.24, 2.45) is 0 Å². The minimum atomic E-state index is -3.69. The van der Waals surface area contributed by atoms with Crippen LogP contribution in [-0.2, 0) is 21.2 Å². The lowest BCUT2D eigenvalue weighted by molar-refractivity contribution is -0.115. The molecule has 1 N–H and O–H groups in total. The number of carbonyl (C=O) groups excluding carboxylic acids is 1. The number of rotatable bonds is 7. The van der Waals surface area contributed by atoms with Crippen molar-refractivity contribution in [3.63, 3.8) is 0 Å². The molecule has 1 saturated heterocycles. The van der Waals surface area contributed by atoms with Crippen molar-refractivity contribution in [1.29, 1.82) is 0 Å². The summed E-state index contributed by atoms with van der Waals surface area (Å²) in [5.74, 6) is 0.0989. The fourth-order valence-corrected chi connectivity index (χ4v) is 5.24. The van der Waals surface area contributed by atoms with Gasteiger partial charge in [0.25, 0.3) is 0 Å². The molecule has 0 spiro atoms. The molecule has 29 heavy (non-hydrogen) atoms. The highest BCUT2D eigenvalue weighted by Crippen LogP contribution is 2.31. The highest BCUT2D eigenvalue weighted by Gasteiger charge is 2.29. The van der Waals surface area contributed by atoms with E-state index in [1.165, 1.54) is 10.4 Å². The van der Waals surface area contributed by atoms with Gasteiger partial charge in [-0.15, -0.1) is 0 Å². The van der Waals surface area contributed by atoms with Gasteiger partial charge in [0.2, 0.25) is 15.9 Å². The van der Waals surface area contributed by atoms with Crippen LogP contribution in [0.5, 0.6) is 5.75 Å². The zero-order chi connectivity index (χ0) is 20.9. The number of benzene rings is 2. The molecule has 1 amide bonds. The maximum atomic E-state index is 13.2. The Morgan fingerprint density at radius 3 is 2.45 bits per heavy atom. The molecule has 8 heteroatoms. The average molecular weight is 481 g/mol. The zero-order valence-corrected chi connectivity index (χ0v) is 18.8. The number of anilines is 1. The smallest absolute Gasteiger partial charge is 0.246 e. The fraction of sp³-hybridized carbons (Fsp3) is 0.381. The van der Waals surface area contributed by atoms with Crippen molar-refractivity contribution in [3.8, 4) is 5.75 Å². The van der Waals surface area contributed by atoms with Crippen LogP contribution < -0.4 is 10.1 Å². The molecule has 1 aliphatic heterocycles. The van der Waals surface area contributed by atoms with Gasteiger partial charge in [0.05, 0.1) is 13.0 Å². The maximum absolute atomic E-state index is 13.2. The molecule has 3 rings (SSSR count). The number of ether oxygens (including phenoxy) is 1. The lowest BCUT2D eigenvalue weighted by atomic mass is 10.1. The Balaban J connectivity index is 1.82. The Kier molecular flexibility index (Phi) is 7.32. The first-order valence-corrected chi connectivity index (χ1v) is 11.9. The third-order valence-electron chi connectivity index (χ3n) is 4.74. The minimum absolute atomic E-state index is 0.0997. The highest BCUT2D eigenvalue weighted by molar-refractivity contribution is 9.10. The quantitative estimate of drug-likeness (QED) is 0.643.